The predicted octanol–water partition coefficient (Wildman–Crippen LogP) is 3.96. The summed E-state index contributed by atoms with van der Waals surface area (Å²) in [7, 11) is 0. The van der Waals surface area contributed by atoms with Gasteiger partial charge in [0.05, 0.1) is 16.2 Å². The van der Waals surface area contributed by atoms with E-state index in [1.807, 2.05) is 32.0 Å². The Kier molecular flexibility index (Phi) is 3.71. The predicted molar refractivity (Wildman–Crippen MR) is 76.3 cm³/mol. The van der Waals surface area contributed by atoms with E-state index in [-0.39, 0.29) is 5.69 Å². The summed E-state index contributed by atoms with van der Waals surface area (Å²) in [5.74, 6) is 0. The van der Waals surface area contributed by atoms with Crippen LogP contribution >= 0.6 is 0 Å². The Labute approximate surface area is 111 Å². The lowest BCUT2D eigenvalue weighted by molar-refractivity contribution is -0.385. The fourth-order valence-electron chi connectivity index (χ4n) is 1.71. The van der Waals surface area contributed by atoms with Gasteiger partial charge in [0.15, 0.2) is 0 Å². The molecule has 0 aliphatic rings. The van der Waals surface area contributed by atoms with Crippen LogP contribution in [0.3, 0.4) is 0 Å². The quantitative estimate of drug-likeness (QED) is 0.473. The van der Waals surface area contributed by atoms with E-state index in [1.165, 1.54) is 17.8 Å². The molecule has 2 aromatic carbocycles. The molecule has 0 spiro atoms. The summed E-state index contributed by atoms with van der Waals surface area (Å²) in [6.07, 6.45) is 1.53. The average Bonchev–Trinajstić information content (AvgIpc) is 2.40. The van der Waals surface area contributed by atoms with E-state index in [1.54, 1.807) is 18.2 Å². The molecule has 0 aliphatic heterocycles. The molecule has 2 aromatic rings. The van der Waals surface area contributed by atoms with Crippen molar-refractivity contribution in [3.05, 3.63) is 69.3 Å². The van der Waals surface area contributed by atoms with Gasteiger partial charge in [0, 0.05) is 12.3 Å². The smallest absolute Gasteiger partial charge is 0.258 e. The number of aliphatic imine (C=N–C) groups is 1. The summed E-state index contributed by atoms with van der Waals surface area (Å²) in [4.78, 5) is 14.8. The number of hydrogen-bond donors (Lipinski definition) is 0. The lowest BCUT2D eigenvalue weighted by Gasteiger charge is -2.00. The first kappa shape index (κ1) is 13.0. The minimum absolute atomic E-state index is 0.0649. The van der Waals surface area contributed by atoms with E-state index >= 15 is 0 Å². The minimum atomic E-state index is -0.401. The van der Waals surface area contributed by atoms with Crippen LogP contribution in [0.25, 0.3) is 0 Å². The standard InChI is InChI=1S/C15H14N2O2/c1-11-7-8-14(9-12(11)2)16-10-13-5-3-4-6-15(13)17(18)19/h3-10H,1-2H3. The highest BCUT2D eigenvalue weighted by atomic mass is 16.6. The molecule has 19 heavy (non-hydrogen) atoms. The third-order valence-corrected chi connectivity index (χ3v) is 2.98. The third kappa shape index (κ3) is 3.04. The van der Waals surface area contributed by atoms with Crippen LogP contribution in [0.15, 0.2) is 47.5 Å². The summed E-state index contributed by atoms with van der Waals surface area (Å²) in [5, 5.41) is 10.9. The van der Waals surface area contributed by atoms with Crippen LogP contribution in [0.1, 0.15) is 16.7 Å². The fraction of sp³-hybridized carbons (Fsp3) is 0.133. The molecule has 0 saturated carbocycles. The van der Waals surface area contributed by atoms with Gasteiger partial charge in [-0.2, -0.15) is 0 Å². The zero-order chi connectivity index (χ0) is 13.8. The number of para-hydroxylation sites is 1. The van der Waals surface area contributed by atoms with Crippen LogP contribution in [0.2, 0.25) is 0 Å². The van der Waals surface area contributed by atoms with Crippen molar-refractivity contribution in [1.29, 1.82) is 0 Å². The van der Waals surface area contributed by atoms with Crippen LogP contribution < -0.4 is 0 Å². The SMILES string of the molecule is Cc1ccc(N=Cc2ccccc2[N+](=O)[O-])cc1C. The normalized spacial score (nSPS) is 10.8. The molecular formula is C15H14N2O2. The van der Waals surface area contributed by atoms with Gasteiger partial charge in [0.2, 0.25) is 0 Å². The molecule has 0 atom stereocenters. The van der Waals surface area contributed by atoms with Crippen molar-refractivity contribution in [3.63, 3.8) is 0 Å². The maximum absolute atomic E-state index is 10.9. The Morgan fingerprint density at radius 1 is 1.11 bits per heavy atom. The van der Waals surface area contributed by atoms with E-state index in [0.717, 1.165) is 11.3 Å². The molecule has 0 radical (unpaired) electrons. The Morgan fingerprint density at radius 3 is 2.53 bits per heavy atom. The van der Waals surface area contributed by atoms with Crippen molar-refractivity contribution >= 4 is 17.6 Å². The highest BCUT2D eigenvalue weighted by Crippen LogP contribution is 2.19. The summed E-state index contributed by atoms with van der Waals surface area (Å²) in [6.45, 7) is 4.05. The summed E-state index contributed by atoms with van der Waals surface area (Å²) in [6, 6.07) is 12.4. The average molecular weight is 254 g/mol. The zero-order valence-corrected chi connectivity index (χ0v) is 10.8. The van der Waals surface area contributed by atoms with Crippen molar-refractivity contribution in [2.75, 3.05) is 0 Å². The van der Waals surface area contributed by atoms with Crippen molar-refractivity contribution in [2.45, 2.75) is 13.8 Å². The van der Waals surface area contributed by atoms with Gasteiger partial charge in [0.1, 0.15) is 0 Å². The Balaban J connectivity index is 2.32. The van der Waals surface area contributed by atoms with Crippen molar-refractivity contribution < 1.29 is 4.92 Å². The topological polar surface area (TPSA) is 55.5 Å². The molecule has 0 N–H and O–H groups in total. The second kappa shape index (κ2) is 5.44. The van der Waals surface area contributed by atoms with Crippen LogP contribution in [-0.4, -0.2) is 11.1 Å². The van der Waals surface area contributed by atoms with Gasteiger partial charge in [-0.05, 0) is 43.2 Å². The van der Waals surface area contributed by atoms with E-state index in [9.17, 15) is 10.1 Å². The van der Waals surface area contributed by atoms with Gasteiger partial charge in [0.25, 0.3) is 5.69 Å². The van der Waals surface area contributed by atoms with Crippen molar-refractivity contribution in [1.82, 2.24) is 0 Å². The molecule has 0 aliphatic carbocycles. The van der Waals surface area contributed by atoms with Crippen LogP contribution in [0.5, 0.6) is 0 Å². The van der Waals surface area contributed by atoms with Gasteiger partial charge >= 0.3 is 0 Å². The van der Waals surface area contributed by atoms with Crippen LogP contribution in [0.4, 0.5) is 11.4 Å². The zero-order valence-electron chi connectivity index (χ0n) is 10.8. The number of hydrogen-bond acceptors (Lipinski definition) is 3. The number of nitro groups is 1. The van der Waals surface area contributed by atoms with E-state index < -0.39 is 4.92 Å². The number of nitrogens with zero attached hydrogens (tertiary/aromatic N) is 2. The summed E-state index contributed by atoms with van der Waals surface area (Å²) >= 11 is 0. The summed E-state index contributed by atoms with van der Waals surface area (Å²) < 4.78 is 0. The molecule has 0 unspecified atom stereocenters. The van der Waals surface area contributed by atoms with Crippen LogP contribution in [-0.2, 0) is 0 Å². The molecule has 0 saturated heterocycles. The van der Waals surface area contributed by atoms with Gasteiger partial charge in [-0.3, -0.25) is 15.1 Å². The lowest BCUT2D eigenvalue weighted by Crippen LogP contribution is -1.93. The van der Waals surface area contributed by atoms with Gasteiger partial charge < -0.3 is 0 Å². The largest absolute Gasteiger partial charge is 0.278 e. The Morgan fingerprint density at radius 2 is 1.84 bits per heavy atom. The Hall–Kier alpha value is -2.49. The second-order valence-corrected chi connectivity index (χ2v) is 4.34. The molecule has 0 heterocycles. The first-order chi connectivity index (χ1) is 9.08. The maximum Gasteiger partial charge on any atom is 0.278 e. The fourth-order valence-corrected chi connectivity index (χ4v) is 1.71. The number of aryl methyl sites for hydroxylation is 2. The maximum atomic E-state index is 10.9. The van der Waals surface area contributed by atoms with Crippen molar-refractivity contribution in [3.8, 4) is 0 Å². The molecule has 0 fully saturated rings. The Bertz CT molecular complexity index is 648. The monoisotopic (exact) mass is 254 g/mol. The highest BCUT2D eigenvalue weighted by Gasteiger charge is 2.09. The van der Waals surface area contributed by atoms with E-state index in [2.05, 4.69) is 4.99 Å². The molecule has 0 bridgehead atoms. The van der Waals surface area contributed by atoms with Gasteiger partial charge in [-0.1, -0.05) is 18.2 Å². The van der Waals surface area contributed by atoms with Crippen LogP contribution in [0, 0.1) is 24.0 Å². The molecular weight excluding hydrogens is 240 g/mol. The number of nitro benzene ring substituents is 1. The van der Waals surface area contributed by atoms with Crippen molar-refractivity contribution in [2.24, 2.45) is 4.99 Å². The number of benzene rings is 2. The molecule has 0 aromatic heterocycles. The lowest BCUT2D eigenvalue weighted by atomic mass is 10.1. The molecule has 0 amide bonds. The highest BCUT2D eigenvalue weighted by molar-refractivity contribution is 5.87. The van der Waals surface area contributed by atoms with E-state index in [0.29, 0.717) is 5.56 Å². The van der Waals surface area contributed by atoms with Gasteiger partial charge in [-0.15, -0.1) is 0 Å². The molecule has 96 valence electrons. The first-order valence-corrected chi connectivity index (χ1v) is 5.92. The van der Waals surface area contributed by atoms with Gasteiger partial charge in [-0.25, -0.2) is 0 Å². The van der Waals surface area contributed by atoms with E-state index in [4.69, 9.17) is 0 Å². The number of rotatable bonds is 3. The third-order valence-electron chi connectivity index (χ3n) is 2.98. The molecule has 2 rings (SSSR count). The molecule has 4 heteroatoms. The first-order valence-electron chi connectivity index (χ1n) is 5.92. The molecule has 4 nitrogen and oxygen atoms in total. The minimum Gasteiger partial charge on any atom is -0.258 e. The summed E-state index contributed by atoms with van der Waals surface area (Å²) in [5.41, 5.74) is 3.71. The second-order valence-electron chi connectivity index (χ2n) is 4.34.